The molecular formula is C14H14O3S. The maximum atomic E-state index is 10.8. The van der Waals surface area contributed by atoms with Gasteiger partial charge in [-0.25, -0.2) is 4.79 Å². The molecule has 0 aliphatic rings. The fourth-order valence-electron chi connectivity index (χ4n) is 1.61. The van der Waals surface area contributed by atoms with Crippen LogP contribution in [0.25, 0.3) is 0 Å². The lowest BCUT2D eigenvalue weighted by molar-refractivity contribution is 0.0696. The van der Waals surface area contributed by atoms with Gasteiger partial charge in [-0.1, -0.05) is 12.1 Å². The topological polar surface area (TPSA) is 46.5 Å². The van der Waals surface area contributed by atoms with E-state index in [0.29, 0.717) is 12.4 Å². The Hall–Kier alpha value is -1.81. The van der Waals surface area contributed by atoms with Crippen LogP contribution in [0.15, 0.2) is 41.8 Å². The van der Waals surface area contributed by atoms with Crippen LogP contribution in [0.2, 0.25) is 0 Å². The van der Waals surface area contributed by atoms with Gasteiger partial charge < -0.3 is 9.84 Å². The normalized spacial score (nSPS) is 10.2. The Kier molecular flexibility index (Phi) is 4.36. The predicted octanol–water partition coefficient (Wildman–Crippen LogP) is 3.46. The number of hydrogen-bond donors (Lipinski definition) is 1. The van der Waals surface area contributed by atoms with Crippen molar-refractivity contribution in [2.24, 2.45) is 0 Å². The van der Waals surface area contributed by atoms with Crippen molar-refractivity contribution >= 4 is 17.3 Å². The molecule has 1 aromatic carbocycles. The Bertz CT molecular complexity index is 506. The quantitative estimate of drug-likeness (QED) is 0.811. The molecule has 0 saturated carbocycles. The van der Waals surface area contributed by atoms with Crippen molar-refractivity contribution in [3.05, 3.63) is 52.2 Å². The summed E-state index contributed by atoms with van der Waals surface area (Å²) in [6.07, 6.45) is 1.92. The van der Waals surface area contributed by atoms with Gasteiger partial charge in [0.1, 0.15) is 5.75 Å². The molecule has 1 heterocycles. The Labute approximate surface area is 110 Å². The van der Waals surface area contributed by atoms with E-state index in [2.05, 4.69) is 11.4 Å². The maximum absolute atomic E-state index is 10.8. The molecule has 0 atom stereocenters. The molecule has 0 aliphatic carbocycles. The van der Waals surface area contributed by atoms with E-state index < -0.39 is 5.97 Å². The number of carboxylic acids is 1. The van der Waals surface area contributed by atoms with Gasteiger partial charge in [-0.2, -0.15) is 0 Å². The summed E-state index contributed by atoms with van der Waals surface area (Å²) < 4.78 is 5.54. The lowest BCUT2D eigenvalue weighted by atomic mass is 10.2. The second-order valence-corrected chi connectivity index (χ2v) is 4.90. The summed E-state index contributed by atoms with van der Waals surface area (Å²) in [6.45, 7) is 0.598. The van der Waals surface area contributed by atoms with Crippen LogP contribution in [-0.4, -0.2) is 17.7 Å². The zero-order chi connectivity index (χ0) is 12.8. The molecule has 3 nitrogen and oxygen atoms in total. The van der Waals surface area contributed by atoms with Crippen molar-refractivity contribution in [2.75, 3.05) is 6.61 Å². The zero-order valence-electron chi connectivity index (χ0n) is 9.83. The fraction of sp³-hybridized carbons (Fsp3) is 0.214. The molecule has 0 bridgehead atoms. The summed E-state index contributed by atoms with van der Waals surface area (Å²) in [5, 5.41) is 10.9. The van der Waals surface area contributed by atoms with Gasteiger partial charge in [0, 0.05) is 4.88 Å². The molecule has 0 radical (unpaired) electrons. The largest absolute Gasteiger partial charge is 0.494 e. The zero-order valence-corrected chi connectivity index (χ0v) is 10.7. The van der Waals surface area contributed by atoms with Gasteiger partial charge in [-0.3, -0.25) is 0 Å². The van der Waals surface area contributed by atoms with E-state index in [9.17, 15) is 4.79 Å². The van der Waals surface area contributed by atoms with Crippen LogP contribution in [0.1, 0.15) is 21.7 Å². The van der Waals surface area contributed by atoms with Gasteiger partial charge in [0.2, 0.25) is 0 Å². The molecule has 0 unspecified atom stereocenters. The average Bonchev–Trinajstić information content (AvgIpc) is 2.88. The molecule has 94 valence electrons. The number of carbonyl (C=O) groups is 1. The van der Waals surface area contributed by atoms with Crippen LogP contribution in [0.3, 0.4) is 0 Å². The second-order valence-electron chi connectivity index (χ2n) is 3.86. The molecule has 1 aromatic heterocycles. The molecular weight excluding hydrogens is 248 g/mol. The number of ether oxygens (including phenoxy) is 1. The summed E-state index contributed by atoms with van der Waals surface area (Å²) in [7, 11) is 0. The lowest BCUT2D eigenvalue weighted by Crippen LogP contribution is -2.01. The average molecular weight is 262 g/mol. The van der Waals surface area contributed by atoms with Gasteiger partial charge in [-0.15, -0.1) is 11.3 Å². The summed E-state index contributed by atoms with van der Waals surface area (Å²) in [5.74, 6) is -0.319. The third kappa shape index (κ3) is 3.60. The van der Waals surface area contributed by atoms with Gasteiger partial charge >= 0.3 is 5.97 Å². The summed E-state index contributed by atoms with van der Waals surface area (Å²) in [6, 6.07) is 10.7. The number of rotatable bonds is 6. The monoisotopic (exact) mass is 262 g/mol. The third-order valence-electron chi connectivity index (χ3n) is 2.50. The van der Waals surface area contributed by atoms with Crippen LogP contribution in [0, 0.1) is 0 Å². The molecule has 2 rings (SSSR count). The highest BCUT2D eigenvalue weighted by Crippen LogP contribution is 2.15. The number of carboxylic acid groups (broad SMARTS) is 1. The first-order valence-electron chi connectivity index (χ1n) is 5.74. The second kappa shape index (κ2) is 6.21. The molecule has 1 N–H and O–H groups in total. The minimum Gasteiger partial charge on any atom is -0.494 e. The van der Waals surface area contributed by atoms with Gasteiger partial charge in [-0.05, 0) is 42.5 Å². The van der Waals surface area contributed by atoms with E-state index in [1.807, 2.05) is 6.07 Å². The smallest absolute Gasteiger partial charge is 0.335 e. The first-order chi connectivity index (χ1) is 8.75. The standard InChI is InChI=1S/C14H14O3S/c15-14(16)11-4-1-5-12(10-11)17-8-2-6-13-7-3-9-18-13/h1,3-5,7,9-10H,2,6,8H2,(H,15,16). The van der Waals surface area contributed by atoms with Crippen LogP contribution in [0.4, 0.5) is 0 Å². The molecule has 0 amide bonds. The summed E-state index contributed by atoms with van der Waals surface area (Å²) in [5.41, 5.74) is 0.255. The number of aryl methyl sites for hydroxylation is 1. The summed E-state index contributed by atoms with van der Waals surface area (Å²) in [4.78, 5) is 12.1. The van der Waals surface area contributed by atoms with Crippen molar-refractivity contribution in [2.45, 2.75) is 12.8 Å². The Balaban J connectivity index is 1.79. The molecule has 0 aliphatic heterocycles. The Morgan fingerprint density at radius 1 is 1.28 bits per heavy atom. The van der Waals surface area contributed by atoms with Crippen molar-refractivity contribution in [3.63, 3.8) is 0 Å². The van der Waals surface area contributed by atoms with E-state index >= 15 is 0 Å². The van der Waals surface area contributed by atoms with Crippen molar-refractivity contribution < 1.29 is 14.6 Å². The van der Waals surface area contributed by atoms with Crippen LogP contribution < -0.4 is 4.74 Å². The van der Waals surface area contributed by atoms with Gasteiger partial charge in [0.25, 0.3) is 0 Å². The Morgan fingerprint density at radius 3 is 2.89 bits per heavy atom. The van der Waals surface area contributed by atoms with Crippen molar-refractivity contribution in [3.8, 4) is 5.75 Å². The van der Waals surface area contributed by atoms with Gasteiger partial charge in [0.15, 0.2) is 0 Å². The first-order valence-corrected chi connectivity index (χ1v) is 6.62. The van der Waals surface area contributed by atoms with Crippen molar-refractivity contribution in [1.29, 1.82) is 0 Å². The molecule has 0 spiro atoms. The minimum atomic E-state index is -0.931. The predicted molar refractivity (Wildman–Crippen MR) is 71.5 cm³/mol. The third-order valence-corrected chi connectivity index (χ3v) is 3.43. The highest BCUT2D eigenvalue weighted by Gasteiger charge is 2.03. The van der Waals surface area contributed by atoms with E-state index in [4.69, 9.17) is 9.84 Å². The number of aromatic carboxylic acids is 1. The minimum absolute atomic E-state index is 0.255. The Morgan fingerprint density at radius 2 is 2.17 bits per heavy atom. The number of hydrogen-bond acceptors (Lipinski definition) is 3. The highest BCUT2D eigenvalue weighted by atomic mass is 32.1. The van der Waals surface area contributed by atoms with Crippen molar-refractivity contribution in [1.82, 2.24) is 0 Å². The number of benzene rings is 1. The lowest BCUT2D eigenvalue weighted by Gasteiger charge is -2.06. The van der Waals surface area contributed by atoms with E-state index in [0.717, 1.165) is 12.8 Å². The van der Waals surface area contributed by atoms with E-state index in [1.54, 1.807) is 35.6 Å². The molecule has 0 fully saturated rings. The molecule has 18 heavy (non-hydrogen) atoms. The van der Waals surface area contributed by atoms with Gasteiger partial charge in [0.05, 0.1) is 12.2 Å². The van der Waals surface area contributed by atoms with Crippen LogP contribution >= 0.6 is 11.3 Å². The SMILES string of the molecule is O=C(O)c1cccc(OCCCc2cccs2)c1. The summed E-state index contributed by atoms with van der Waals surface area (Å²) >= 11 is 1.74. The highest BCUT2D eigenvalue weighted by molar-refractivity contribution is 7.09. The molecule has 0 saturated heterocycles. The van der Waals surface area contributed by atoms with E-state index in [-0.39, 0.29) is 5.56 Å². The number of thiophene rings is 1. The molecule has 2 aromatic rings. The van der Waals surface area contributed by atoms with Crippen LogP contribution in [0.5, 0.6) is 5.75 Å². The van der Waals surface area contributed by atoms with E-state index in [1.165, 1.54) is 4.88 Å². The maximum Gasteiger partial charge on any atom is 0.335 e. The molecule has 4 heteroatoms. The first kappa shape index (κ1) is 12.6. The van der Waals surface area contributed by atoms with Crippen LogP contribution in [-0.2, 0) is 6.42 Å². The fourth-order valence-corrected chi connectivity index (χ4v) is 2.36.